The highest BCUT2D eigenvalue weighted by atomic mass is 19.1. The first kappa shape index (κ1) is 16.4. The Labute approximate surface area is 148 Å². The van der Waals surface area contributed by atoms with Gasteiger partial charge in [0, 0.05) is 38.6 Å². The van der Waals surface area contributed by atoms with Gasteiger partial charge in [0.15, 0.2) is 0 Å². The molecule has 1 aromatic carbocycles. The number of hydrogen-bond donors (Lipinski definition) is 0. The molecule has 0 spiro atoms. The summed E-state index contributed by atoms with van der Waals surface area (Å²) >= 11 is 0. The van der Waals surface area contributed by atoms with Crippen molar-refractivity contribution in [1.82, 2.24) is 9.80 Å². The first-order valence-corrected chi connectivity index (χ1v) is 9.34. The van der Waals surface area contributed by atoms with Crippen LogP contribution in [0.25, 0.3) is 0 Å². The number of guanidine groups is 1. The van der Waals surface area contributed by atoms with Gasteiger partial charge >= 0.3 is 0 Å². The fourth-order valence-electron chi connectivity index (χ4n) is 4.16. The molecule has 0 N–H and O–H groups in total. The van der Waals surface area contributed by atoms with E-state index < -0.39 is 0 Å². The molecule has 0 bridgehead atoms. The number of carbonyl (C=O) groups is 1. The molecule has 3 aliphatic rings. The van der Waals surface area contributed by atoms with Crippen LogP contribution < -0.4 is 4.90 Å². The van der Waals surface area contributed by atoms with Gasteiger partial charge in [0.25, 0.3) is 0 Å². The molecule has 5 nitrogen and oxygen atoms in total. The number of amides is 1. The molecule has 25 heavy (non-hydrogen) atoms. The monoisotopic (exact) mass is 344 g/mol. The van der Waals surface area contributed by atoms with Crippen LogP contribution in [0.4, 0.5) is 10.1 Å². The fraction of sp³-hybridized carbons (Fsp3) is 0.579. The van der Waals surface area contributed by atoms with E-state index in [9.17, 15) is 9.18 Å². The summed E-state index contributed by atoms with van der Waals surface area (Å²) < 4.78 is 14.0. The molecule has 2 fully saturated rings. The fourth-order valence-corrected chi connectivity index (χ4v) is 4.16. The van der Waals surface area contributed by atoms with Gasteiger partial charge in [-0.15, -0.1) is 0 Å². The summed E-state index contributed by atoms with van der Waals surface area (Å²) in [4.78, 5) is 23.6. The zero-order valence-electron chi connectivity index (χ0n) is 14.5. The van der Waals surface area contributed by atoms with Gasteiger partial charge in [0.05, 0.1) is 12.2 Å². The number of halogens is 1. The molecular formula is C19H25FN4O. The molecular weight excluding hydrogens is 319 g/mol. The predicted molar refractivity (Wildman–Crippen MR) is 96.2 cm³/mol. The molecule has 0 atom stereocenters. The van der Waals surface area contributed by atoms with Crippen LogP contribution in [0.15, 0.2) is 29.3 Å². The van der Waals surface area contributed by atoms with Gasteiger partial charge in [-0.25, -0.2) is 4.39 Å². The van der Waals surface area contributed by atoms with Gasteiger partial charge in [-0.05, 0) is 25.0 Å². The number of nitrogens with zero attached hydrogens (tertiary/aromatic N) is 4. The Balaban J connectivity index is 1.40. The van der Waals surface area contributed by atoms with Crippen molar-refractivity contribution in [3.8, 4) is 0 Å². The quantitative estimate of drug-likeness (QED) is 0.827. The normalized spacial score (nSPS) is 21.8. The Hall–Kier alpha value is -2.11. The van der Waals surface area contributed by atoms with Gasteiger partial charge in [-0.2, -0.15) is 0 Å². The minimum absolute atomic E-state index is 0.174. The number of carbonyl (C=O) groups excluding carboxylic acids is 1. The number of anilines is 1. The Morgan fingerprint density at radius 2 is 1.68 bits per heavy atom. The maximum Gasteiger partial charge on any atom is 0.232 e. The standard InChI is InChI=1S/C19H25FN4O/c20-16-7-3-4-8-17(16)22-11-13-23(14-12-22)19-21-9-10-24(19)18(25)15-5-1-2-6-15/h3-4,7-8,15H,1-2,5-6,9-14H2. The lowest BCUT2D eigenvalue weighted by Gasteiger charge is -2.39. The van der Waals surface area contributed by atoms with E-state index in [-0.39, 0.29) is 17.6 Å². The second-order valence-electron chi connectivity index (χ2n) is 7.08. The van der Waals surface area contributed by atoms with Crippen molar-refractivity contribution >= 4 is 17.6 Å². The minimum atomic E-state index is -0.174. The lowest BCUT2D eigenvalue weighted by Crippen LogP contribution is -2.54. The van der Waals surface area contributed by atoms with E-state index in [1.807, 2.05) is 17.0 Å². The van der Waals surface area contributed by atoms with Crippen molar-refractivity contribution < 1.29 is 9.18 Å². The number of para-hydroxylation sites is 1. The Bertz CT molecular complexity index is 663. The lowest BCUT2D eigenvalue weighted by molar-refractivity contribution is -0.131. The van der Waals surface area contributed by atoms with E-state index in [0.717, 1.165) is 57.8 Å². The van der Waals surface area contributed by atoms with Crippen molar-refractivity contribution in [2.45, 2.75) is 25.7 Å². The van der Waals surface area contributed by atoms with E-state index in [2.05, 4.69) is 14.8 Å². The third-order valence-corrected chi connectivity index (χ3v) is 5.54. The number of aliphatic imine (C=N–C) groups is 1. The van der Waals surface area contributed by atoms with E-state index in [0.29, 0.717) is 18.8 Å². The van der Waals surface area contributed by atoms with Crippen molar-refractivity contribution in [3.63, 3.8) is 0 Å². The van der Waals surface area contributed by atoms with Crippen LogP contribution in [0, 0.1) is 11.7 Å². The Kier molecular flexibility index (Phi) is 4.59. The summed E-state index contributed by atoms with van der Waals surface area (Å²) in [6.07, 6.45) is 4.36. The van der Waals surface area contributed by atoms with Crippen LogP contribution in [0.2, 0.25) is 0 Å². The smallest absolute Gasteiger partial charge is 0.232 e. The van der Waals surface area contributed by atoms with Crippen molar-refractivity contribution in [3.05, 3.63) is 30.1 Å². The van der Waals surface area contributed by atoms with E-state index in [4.69, 9.17) is 0 Å². The van der Waals surface area contributed by atoms with Crippen molar-refractivity contribution in [1.29, 1.82) is 0 Å². The second kappa shape index (κ2) is 7.02. The maximum atomic E-state index is 14.0. The van der Waals surface area contributed by atoms with Crippen molar-refractivity contribution in [2.75, 3.05) is 44.2 Å². The number of rotatable bonds is 2. The van der Waals surface area contributed by atoms with E-state index in [1.165, 1.54) is 6.07 Å². The lowest BCUT2D eigenvalue weighted by atomic mass is 10.1. The maximum absolute atomic E-state index is 14.0. The first-order chi connectivity index (χ1) is 12.2. The molecule has 1 saturated carbocycles. The summed E-state index contributed by atoms with van der Waals surface area (Å²) in [6, 6.07) is 6.92. The van der Waals surface area contributed by atoms with Gasteiger partial charge in [0.1, 0.15) is 5.82 Å². The molecule has 1 amide bonds. The Morgan fingerprint density at radius 1 is 1.00 bits per heavy atom. The van der Waals surface area contributed by atoms with Crippen LogP contribution in [0.1, 0.15) is 25.7 Å². The predicted octanol–water partition coefficient (Wildman–Crippen LogP) is 2.34. The van der Waals surface area contributed by atoms with E-state index >= 15 is 0 Å². The molecule has 0 unspecified atom stereocenters. The third-order valence-electron chi connectivity index (χ3n) is 5.54. The highest BCUT2D eigenvalue weighted by molar-refractivity contribution is 5.99. The minimum Gasteiger partial charge on any atom is -0.366 e. The summed E-state index contributed by atoms with van der Waals surface area (Å²) in [5.41, 5.74) is 0.661. The molecule has 134 valence electrons. The molecule has 4 rings (SSSR count). The number of piperazine rings is 1. The summed E-state index contributed by atoms with van der Waals surface area (Å²) in [7, 11) is 0. The van der Waals surface area contributed by atoms with Gasteiger partial charge in [-0.1, -0.05) is 25.0 Å². The highest BCUT2D eigenvalue weighted by Crippen LogP contribution is 2.28. The zero-order chi connectivity index (χ0) is 17.2. The first-order valence-electron chi connectivity index (χ1n) is 9.34. The average Bonchev–Trinajstić information content (AvgIpc) is 3.34. The number of benzene rings is 1. The third kappa shape index (κ3) is 3.22. The van der Waals surface area contributed by atoms with Gasteiger partial charge in [-0.3, -0.25) is 14.7 Å². The van der Waals surface area contributed by atoms with Crippen LogP contribution in [-0.2, 0) is 4.79 Å². The van der Waals surface area contributed by atoms with Crippen LogP contribution in [0.5, 0.6) is 0 Å². The molecule has 1 aliphatic carbocycles. The molecule has 0 aromatic heterocycles. The molecule has 6 heteroatoms. The summed E-state index contributed by atoms with van der Waals surface area (Å²) in [5.74, 6) is 1.10. The van der Waals surface area contributed by atoms with Crippen LogP contribution in [0.3, 0.4) is 0 Å². The average molecular weight is 344 g/mol. The van der Waals surface area contributed by atoms with Gasteiger partial charge < -0.3 is 9.80 Å². The molecule has 2 heterocycles. The summed E-state index contributed by atoms with van der Waals surface area (Å²) in [6.45, 7) is 4.42. The molecule has 1 saturated heterocycles. The largest absolute Gasteiger partial charge is 0.366 e. The Morgan fingerprint density at radius 3 is 2.40 bits per heavy atom. The SMILES string of the molecule is O=C(C1CCCC1)N1CCN=C1N1CCN(c2ccccc2F)CC1. The highest BCUT2D eigenvalue weighted by Gasteiger charge is 2.35. The summed E-state index contributed by atoms with van der Waals surface area (Å²) in [5, 5.41) is 0. The molecule has 1 aromatic rings. The van der Waals surface area contributed by atoms with Crippen molar-refractivity contribution in [2.24, 2.45) is 10.9 Å². The molecule has 0 radical (unpaired) electrons. The van der Waals surface area contributed by atoms with Crippen LogP contribution in [-0.4, -0.2) is 60.9 Å². The molecule has 2 aliphatic heterocycles. The second-order valence-corrected chi connectivity index (χ2v) is 7.08. The van der Waals surface area contributed by atoms with Gasteiger partial charge in [0.2, 0.25) is 11.9 Å². The topological polar surface area (TPSA) is 39.2 Å². The van der Waals surface area contributed by atoms with E-state index in [1.54, 1.807) is 6.07 Å². The zero-order valence-corrected chi connectivity index (χ0v) is 14.5. The number of hydrogen-bond acceptors (Lipinski definition) is 4. The van der Waals surface area contributed by atoms with Crippen LogP contribution >= 0.6 is 0 Å².